The van der Waals surface area contributed by atoms with E-state index in [1.165, 1.54) is 11.3 Å². The van der Waals surface area contributed by atoms with Crippen molar-refractivity contribution < 1.29 is 14.4 Å². The minimum atomic E-state index is -0.986. The molecule has 2 fully saturated rings. The SMILES string of the molecule is CCC1CCCCN1c1ncnc2c(N3CCS(=O)CC3)nc(N(C(C)O)C(C)O)nc12. The van der Waals surface area contributed by atoms with Crippen LogP contribution in [-0.2, 0) is 10.8 Å². The number of aliphatic hydroxyl groups excluding tert-OH is 2. The second-order valence-electron chi connectivity index (χ2n) is 8.50. The lowest BCUT2D eigenvalue weighted by Crippen LogP contribution is -2.43. The number of aromatic nitrogens is 4. The molecule has 2 saturated heterocycles. The smallest absolute Gasteiger partial charge is 0.232 e. The zero-order valence-electron chi connectivity index (χ0n) is 19.0. The van der Waals surface area contributed by atoms with Crippen LogP contribution >= 0.6 is 0 Å². The number of hydrogen-bond donors (Lipinski definition) is 2. The molecule has 2 aromatic rings. The Kier molecular flexibility index (Phi) is 7.06. The Morgan fingerprint density at radius 1 is 1.06 bits per heavy atom. The Hall–Kier alpha value is -2.11. The highest BCUT2D eigenvalue weighted by molar-refractivity contribution is 7.85. The van der Waals surface area contributed by atoms with E-state index < -0.39 is 23.3 Å². The van der Waals surface area contributed by atoms with Gasteiger partial charge in [-0.2, -0.15) is 4.98 Å². The predicted molar refractivity (Wildman–Crippen MR) is 126 cm³/mol. The molecular weight excluding hydrogens is 430 g/mol. The zero-order chi connectivity index (χ0) is 22.8. The first-order valence-electron chi connectivity index (χ1n) is 11.4. The van der Waals surface area contributed by atoms with E-state index >= 15 is 0 Å². The Morgan fingerprint density at radius 3 is 2.44 bits per heavy atom. The number of fused-ring (bicyclic) bond motifs is 1. The highest BCUT2D eigenvalue weighted by Crippen LogP contribution is 2.34. The molecule has 0 amide bonds. The summed E-state index contributed by atoms with van der Waals surface area (Å²) in [4.78, 5) is 24.4. The molecule has 3 atom stereocenters. The summed E-state index contributed by atoms with van der Waals surface area (Å²) in [5.41, 5.74) is 1.26. The van der Waals surface area contributed by atoms with Crippen LogP contribution in [0.2, 0.25) is 0 Å². The summed E-state index contributed by atoms with van der Waals surface area (Å²) in [5.74, 6) is 2.76. The van der Waals surface area contributed by atoms with Crippen molar-refractivity contribution in [1.82, 2.24) is 19.9 Å². The molecule has 0 aromatic carbocycles. The van der Waals surface area contributed by atoms with Crippen LogP contribution in [0.3, 0.4) is 0 Å². The number of nitrogens with zero attached hydrogens (tertiary/aromatic N) is 7. The number of rotatable bonds is 6. The molecular formula is C21H33N7O3S. The lowest BCUT2D eigenvalue weighted by Gasteiger charge is -2.37. The molecule has 4 heterocycles. The highest BCUT2D eigenvalue weighted by Gasteiger charge is 2.29. The largest absolute Gasteiger partial charge is 0.374 e. The molecule has 2 aliphatic rings. The van der Waals surface area contributed by atoms with Crippen LogP contribution < -0.4 is 14.7 Å². The Labute approximate surface area is 191 Å². The molecule has 0 bridgehead atoms. The van der Waals surface area contributed by atoms with E-state index in [-0.39, 0.29) is 5.95 Å². The fraction of sp³-hybridized carbons (Fsp3) is 0.714. The third-order valence-electron chi connectivity index (χ3n) is 6.32. The van der Waals surface area contributed by atoms with Crippen molar-refractivity contribution in [3.63, 3.8) is 0 Å². The van der Waals surface area contributed by atoms with Crippen molar-refractivity contribution in [3.05, 3.63) is 6.33 Å². The normalized spacial score (nSPS) is 22.2. The lowest BCUT2D eigenvalue weighted by atomic mass is 10.00. The summed E-state index contributed by atoms with van der Waals surface area (Å²) in [6.45, 7) is 7.44. The third-order valence-corrected chi connectivity index (χ3v) is 7.59. The van der Waals surface area contributed by atoms with E-state index in [0.29, 0.717) is 47.5 Å². The lowest BCUT2D eigenvalue weighted by molar-refractivity contribution is 0.103. The van der Waals surface area contributed by atoms with Gasteiger partial charge in [0.05, 0.1) is 0 Å². The van der Waals surface area contributed by atoms with Gasteiger partial charge in [0.1, 0.15) is 29.8 Å². The van der Waals surface area contributed by atoms with Gasteiger partial charge in [-0.05, 0) is 39.5 Å². The molecule has 4 rings (SSSR count). The molecule has 2 aromatic heterocycles. The van der Waals surface area contributed by atoms with Crippen molar-refractivity contribution in [2.45, 2.75) is 65.0 Å². The zero-order valence-corrected chi connectivity index (χ0v) is 19.8. The molecule has 0 radical (unpaired) electrons. The first-order chi connectivity index (χ1) is 15.4. The summed E-state index contributed by atoms with van der Waals surface area (Å²) in [5, 5.41) is 20.7. The van der Waals surface area contributed by atoms with Crippen LogP contribution in [0.4, 0.5) is 17.6 Å². The quantitative estimate of drug-likeness (QED) is 0.606. The molecule has 10 nitrogen and oxygen atoms in total. The van der Waals surface area contributed by atoms with Gasteiger partial charge < -0.3 is 20.0 Å². The highest BCUT2D eigenvalue weighted by atomic mass is 32.2. The minimum Gasteiger partial charge on any atom is -0.374 e. The topological polar surface area (TPSA) is 119 Å². The average Bonchev–Trinajstić information content (AvgIpc) is 2.78. The number of aliphatic hydroxyl groups is 2. The van der Waals surface area contributed by atoms with Gasteiger partial charge >= 0.3 is 0 Å². The monoisotopic (exact) mass is 463 g/mol. The molecule has 11 heteroatoms. The standard InChI is InChI=1S/C21H33N7O3S/c1-4-16-7-5-6-8-27(16)19-18-17(22-13-23-19)20(26-9-11-32(31)12-10-26)25-21(24-18)28(14(2)29)15(3)30/h13-16,29-30H,4-12H2,1-3H3. The maximum Gasteiger partial charge on any atom is 0.232 e. The molecule has 0 aliphatic carbocycles. The average molecular weight is 464 g/mol. The van der Waals surface area contributed by atoms with Crippen LogP contribution in [0.25, 0.3) is 11.0 Å². The van der Waals surface area contributed by atoms with Gasteiger partial charge in [0.2, 0.25) is 5.95 Å². The number of anilines is 3. The fourth-order valence-electron chi connectivity index (χ4n) is 4.65. The van der Waals surface area contributed by atoms with E-state index in [1.54, 1.807) is 20.2 Å². The summed E-state index contributed by atoms with van der Waals surface area (Å²) in [6.07, 6.45) is 4.01. The molecule has 176 valence electrons. The van der Waals surface area contributed by atoms with Crippen LogP contribution in [0.5, 0.6) is 0 Å². The molecule has 3 unspecified atom stereocenters. The fourth-order valence-corrected chi connectivity index (χ4v) is 5.71. The summed E-state index contributed by atoms with van der Waals surface area (Å²) in [7, 11) is -0.828. The molecule has 2 aliphatic heterocycles. The first-order valence-corrected chi connectivity index (χ1v) is 12.9. The Balaban J connectivity index is 1.90. The molecule has 2 N–H and O–H groups in total. The maximum atomic E-state index is 11.9. The number of piperidine rings is 1. The van der Waals surface area contributed by atoms with E-state index in [9.17, 15) is 14.4 Å². The van der Waals surface area contributed by atoms with Crippen LogP contribution in [0.1, 0.15) is 46.5 Å². The Bertz CT molecular complexity index is 956. The second-order valence-corrected chi connectivity index (χ2v) is 10.2. The van der Waals surface area contributed by atoms with E-state index in [0.717, 1.165) is 31.6 Å². The second kappa shape index (κ2) is 9.80. The van der Waals surface area contributed by atoms with Gasteiger partial charge in [-0.15, -0.1) is 0 Å². The maximum absolute atomic E-state index is 11.9. The van der Waals surface area contributed by atoms with E-state index in [2.05, 4.69) is 26.7 Å². The van der Waals surface area contributed by atoms with Crippen molar-refractivity contribution in [2.75, 3.05) is 45.8 Å². The van der Waals surface area contributed by atoms with E-state index in [1.807, 2.05) is 0 Å². The Morgan fingerprint density at radius 2 is 1.78 bits per heavy atom. The summed E-state index contributed by atoms with van der Waals surface area (Å²) >= 11 is 0. The van der Waals surface area contributed by atoms with Gasteiger partial charge in [0.15, 0.2) is 11.6 Å². The van der Waals surface area contributed by atoms with Crippen molar-refractivity contribution in [3.8, 4) is 0 Å². The first kappa shape index (κ1) is 23.1. The molecule has 32 heavy (non-hydrogen) atoms. The van der Waals surface area contributed by atoms with Crippen molar-refractivity contribution in [2.24, 2.45) is 0 Å². The predicted octanol–water partition coefficient (Wildman–Crippen LogP) is 1.24. The van der Waals surface area contributed by atoms with Gasteiger partial charge in [0.25, 0.3) is 0 Å². The van der Waals surface area contributed by atoms with Crippen LogP contribution in [-0.4, -0.2) is 84.0 Å². The van der Waals surface area contributed by atoms with Gasteiger partial charge in [-0.1, -0.05) is 6.92 Å². The van der Waals surface area contributed by atoms with Gasteiger partial charge in [0, 0.05) is 48.0 Å². The van der Waals surface area contributed by atoms with Crippen molar-refractivity contribution >= 4 is 39.4 Å². The summed E-state index contributed by atoms with van der Waals surface area (Å²) < 4.78 is 11.9. The van der Waals surface area contributed by atoms with E-state index in [4.69, 9.17) is 9.97 Å². The van der Waals surface area contributed by atoms with Crippen LogP contribution in [0.15, 0.2) is 6.33 Å². The summed E-state index contributed by atoms with van der Waals surface area (Å²) in [6, 6.07) is 0.380. The number of hydrogen-bond acceptors (Lipinski definition) is 10. The molecule has 0 saturated carbocycles. The third kappa shape index (κ3) is 4.51. The molecule has 0 spiro atoms. The minimum absolute atomic E-state index is 0.227. The van der Waals surface area contributed by atoms with Crippen molar-refractivity contribution in [1.29, 1.82) is 0 Å². The van der Waals surface area contributed by atoms with Crippen LogP contribution in [0, 0.1) is 0 Å². The van der Waals surface area contributed by atoms with Gasteiger partial charge in [-0.25, -0.2) is 15.0 Å². The van der Waals surface area contributed by atoms with Gasteiger partial charge in [-0.3, -0.25) is 9.11 Å².